The van der Waals surface area contributed by atoms with Crippen LogP contribution >= 0.6 is 0 Å². The average molecular weight is 1170 g/mol. The molecule has 0 radical (unpaired) electrons. The number of hydrogen-bond donors (Lipinski definition) is 0. The molecule has 3 atom stereocenters. The second-order valence-electron chi connectivity index (χ2n) is 17.8. The zero-order valence-corrected chi connectivity index (χ0v) is 45.8. The van der Waals surface area contributed by atoms with Gasteiger partial charge in [0.2, 0.25) is 0 Å². The highest BCUT2D eigenvalue weighted by molar-refractivity contribution is 7.86. The molecule has 3 aliphatic carbocycles. The average Bonchev–Trinajstić information content (AvgIpc) is 3.66. The zero-order valence-electron chi connectivity index (χ0n) is 43.3. The Hall–Kier alpha value is -7.26. The summed E-state index contributed by atoms with van der Waals surface area (Å²) in [6.07, 6.45) is 20.5. The number of ether oxygens (including phenoxy) is 12. The number of carbonyl (C=O) groups excluding carboxylic acids is 6. The van der Waals surface area contributed by atoms with E-state index in [1.54, 1.807) is 79.8 Å². The molecule has 0 fully saturated rings. The van der Waals surface area contributed by atoms with Crippen LogP contribution in [0.25, 0.3) is 0 Å². The van der Waals surface area contributed by atoms with E-state index in [1.165, 1.54) is 54.6 Å². The fourth-order valence-electron chi connectivity index (χ4n) is 8.69. The van der Waals surface area contributed by atoms with Gasteiger partial charge in [-0.3, -0.25) is 14.4 Å². The lowest BCUT2D eigenvalue weighted by atomic mass is 9.91. The second-order valence-corrected chi connectivity index (χ2v) is 22.2. The maximum Gasteiger partial charge on any atom is 0.344 e. The molecule has 21 nitrogen and oxygen atoms in total. The van der Waals surface area contributed by atoms with Crippen molar-refractivity contribution in [2.45, 2.75) is 34.0 Å². The summed E-state index contributed by atoms with van der Waals surface area (Å²) in [5.41, 5.74) is 0.746. The maximum absolute atomic E-state index is 13.1. The van der Waals surface area contributed by atoms with Crippen LogP contribution in [0.4, 0.5) is 0 Å². The van der Waals surface area contributed by atoms with Gasteiger partial charge in [-0.2, -0.15) is 0 Å². The molecule has 0 saturated heterocycles. The third-order valence-electron chi connectivity index (χ3n) is 12.7. The summed E-state index contributed by atoms with van der Waals surface area (Å²) >= 11 is 0. The minimum absolute atomic E-state index is 0.0438. The van der Waals surface area contributed by atoms with Crippen molar-refractivity contribution in [2.24, 2.45) is 17.8 Å². The van der Waals surface area contributed by atoms with Crippen LogP contribution in [0.15, 0.2) is 142 Å². The largest absolute Gasteiger partial charge is 0.482 e. The van der Waals surface area contributed by atoms with Gasteiger partial charge in [-0.05, 0) is 36.4 Å². The Bertz CT molecular complexity index is 3100. The van der Waals surface area contributed by atoms with E-state index < -0.39 is 113 Å². The van der Waals surface area contributed by atoms with E-state index in [1.807, 2.05) is 0 Å². The van der Waals surface area contributed by atoms with Crippen LogP contribution in [-0.4, -0.2) is 136 Å². The van der Waals surface area contributed by atoms with Gasteiger partial charge in [0, 0.05) is 40.9 Å². The topological polar surface area (TPSA) is 264 Å². The number of ketones is 3. The van der Waals surface area contributed by atoms with Crippen LogP contribution in [0.2, 0.25) is 0 Å². The highest BCUT2D eigenvalue weighted by Gasteiger charge is 2.33. The van der Waals surface area contributed by atoms with Gasteiger partial charge in [0.15, 0.2) is 57.5 Å². The number of hydrogen-bond acceptors (Lipinski definition) is 24. The van der Waals surface area contributed by atoms with E-state index in [9.17, 15) is 41.4 Å². The van der Waals surface area contributed by atoms with Gasteiger partial charge < -0.3 is 69.5 Å². The molecular formula is C57H53O21S3-3. The Morgan fingerprint density at radius 2 is 0.753 bits per heavy atom. The molecule has 0 aromatic heterocycles. The summed E-state index contributed by atoms with van der Waals surface area (Å²) < 4.78 is 106. The van der Waals surface area contributed by atoms with Gasteiger partial charge in [-0.15, -0.1) is 29.3 Å². The van der Waals surface area contributed by atoms with Gasteiger partial charge in [0.05, 0.1) is 19.8 Å². The van der Waals surface area contributed by atoms with E-state index in [0.29, 0.717) is 29.3 Å². The van der Waals surface area contributed by atoms with Crippen molar-refractivity contribution in [2.75, 3.05) is 79.8 Å². The molecule has 9 rings (SSSR count). The normalized spacial score (nSPS) is 19.4. The molecule has 6 aliphatic rings. The summed E-state index contributed by atoms with van der Waals surface area (Å²) in [7, 11) is -4.56. The molecule has 24 heteroatoms. The van der Waals surface area contributed by atoms with Crippen LogP contribution in [0.5, 0.6) is 17.2 Å². The molecule has 3 aliphatic heterocycles. The SMILES string of the molecule is CCC(OCOCCOC(=O)COc1ccc2c(c1)C(=O)C1C=CC=CC1=[S-]2=O)(OCOCCOC(=O)COc1ccc2c(c1)C(=O)C1C=CC=CC1=[S-]2=O)OCOCCOC(=O)COc1ccc2c(c1)C(=O)C1C=CC=CC1=[S-]2=O. The minimum Gasteiger partial charge on any atom is -0.482 e. The van der Waals surface area contributed by atoms with Crippen LogP contribution in [-0.2, 0) is 101 Å². The van der Waals surface area contributed by atoms with E-state index in [0.717, 1.165) is 0 Å². The summed E-state index contributed by atoms with van der Waals surface area (Å²) in [5.74, 6) is -5.97. The minimum atomic E-state index is -1.84. The predicted octanol–water partition coefficient (Wildman–Crippen LogP) is 5.19. The first-order valence-electron chi connectivity index (χ1n) is 25.3. The van der Waals surface area contributed by atoms with E-state index in [-0.39, 0.29) is 97.4 Å². The Kier molecular flexibility index (Phi) is 19.8. The maximum atomic E-state index is 13.1. The van der Waals surface area contributed by atoms with Gasteiger partial charge in [0.1, 0.15) is 37.1 Å². The summed E-state index contributed by atoms with van der Waals surface area (Å²) in [6, 6.07) is 13.5. The Morgan fingerprint density at radius 3 is 1.05 bits per heavy atom. The van der Waals surface area contributed by atoms with E-state index >= 15 is 0 Å². The zero-order chi connectivity index (χ0) is 56.9. The first kappa shape index (κ1) is 58.4. The van der Waals surface area contributed by atoms with Gasteiger partial charge >= 0.3 is 17.9 Å². The lowest BCUT2D eigenvalue weighted by Gasteiger charge is -2.31. The van der Waals surface area contributed by atoms with Crippen molar-refractivity contribution in [3.05, 3.63) is 144 Å². The van der Waals surface area contributed by atoms with Crippen molar-refractivity contribution < 1.29 is 98.2 Å². The first-order chi connectivity index (χ1) is 39.3. The van der Waals surface area contributed by atoms with Gasteiger partial charge in [-0.25, -0.2) is 45.5 Å². The molecule has 3 heterocycles. The number of rotatable bonds is 28. The highest BCUT2D eigenvalue weighted by atomic mass is 32.2. The first-order valence-corrected chi connectivity index (χ1v) is 28.7. The number of carbonyl (C=O) groups is 6. The third-order valence-corrected chi connectivity index (χ3v) is 17.5. The molecule has 3 unspecified atom stereocenters. The lowest BCUT2D eigenvalue weighted by molar-refractivity contribution is -0.427. The molecule has 3 aromatic carbocycles. The molecular weight excluding hydrogens is 1120 g/mol. The second kappa shape index (κ2) is 27.5. The van der Waals surface area contributed by atoms with Crippen molar-refractivity contribution in [3.63, 3.8) is 0 Å². The van der Waals surface area contributed by atoms with Gasteiger partial charge in [0.25, 0.3) is 5.97 Å². The number of benzene rings is 3. The fourth-order valence-corrected chi connectivity index (χ4v) is 13.0. The number of esters is 3. The third kappa shape index (κ3) is 14.1. The standard InChI is InChI=1S/C57H53O21S3/c1-2-57(76-33-67-21-24-70-51(58)30-73-36-15-18-48-42(27-36)54(61)39-9-3-6-12-45(39)79(48)64,77-34-68-22-25-71-52(59)31-74-37-16-19-49-43(28-37)55(62)40-10-4-7-13-46(40)80(49)65)78-35-69-23-26-72-53(60)32-75-38-17-20-50-44(29-38)56(63)41-11-5-8-14-47(41)81(50)66/h3-20,27-29,39-41H,2,21-26,30-35H2,1H3/q-3. The van der Waals surface area contributed by atoms with E-state index in [2.05, 4.69) is 0 Å². The molecule has 3 aromatic rings. The quantitative estimate of drug-likeness (QED) is 0.0226. The number of allylic oxidation sites excluding steroid dienone is 12. The van der Waals surface area contributed by atoms with Crippen molar-refractivity contribution >= 4 is 81.0 Å². The van der Waals surface area contributed by atoms with Gasteiger partial charge in [-0.1, -0.05) is 98.0 Å². The fraction of sp³-hybridized carbons (Fsp3) is 0.316. The molecule has 0 saturated carbocycles. The monoisotopic (exact) mass is 1170 g/mol. The molecule has 81 heavy (non-hydrogen) atoms. The molecule has 0 amide bonds. The molecule has 0 bridgehead atoms. The van der Waals surface area contributed by atoms with Crippen LogP contribution in [0.1, 0.15) is 44.4 Å². The molecule has 0 spiro atoms. The summed E-state index contributed by atoms with van der Waals surface area (Å²) in [4.78, 5) is 79.7. The Morgan fingerprint density at radius 1 is 0.444 bits per heavy atom. The smallest absolute Gasteiger partial charge is 0.344 e. The van der Waals surface area contributed by atoms with Crippen molar-refractivity contribution in [1.82, 2.24) is 0 Å². The number of fused-ring (bicyclic) bond motifs is 6. The predicted molar refractivity (Wildman–Crippen MR) is 290 cm³/mol. The van der Waals surface area contributed by atoms with Crippen molar-refractivity contribution in [1.29, 1.82) is 0 Å². The van der Waals surface area contributed by atoms with Crippen LogP contribution in [0.3, 0.4) is 0 Å². The molecule has 0 N–H and O–H groups in total. The summed E-state index contributed by atoms with van der Waals surface area (Å²) in [6.45, 7) is -2.14. The van der Waals surface area contributed by atoms with Crippen molar-refractivity contribution in [3.8, 4) is 17.2 Å². The van der Waals surface area contributed by atoms with Crippen LogP contribution in [0, 0.1) is 17.8 Å². The Balaban J connectivity index is 0.699. The highest BCUT2D eigenvalue weighted by Crippen LogP contribution is 2.33. The lowest BCUT2D eigenvalue weighted by Crippen LogP contribution is -2.41. The number of Topliss-reactive ketones (excluding diaryl/α,β-unsaturated/α-hetero) is 3. The Labute approximate surface area is 470 Å². The summed E-state index contributed by atoms with van der Waals surface area (Å²) in [5, 5.41) is 0. The van der Waals surface area contributed by atoms with E-state index in [4.69, 9.17) is 56.8 Å². The van der Waals surface area contributed by atoms with Crippen LogP contribution < -0.4 is 14.2 Å². The molecule has 428 valence electrons.